The largest absolute Gasteiger partial charge is 0 e. The molecule has 0 aromatic rings. The van der Waals surface area contributed by atoms with Crippen LogP contribution in [0.3, 0.4) is 0 Å². The zero-order valence-corrected chi connectivity index (χ0v) is 37.0. The van der Waals surface area contributed by atoms with E-state index in [0.29, 0.717) is 0 Å². The van der Waals surface area contributed by atoms with Gasteiger partial charge in [-0.3, -0.25) is 0 Å². The van der Waals surface area contributed by atoms with Gasteiger partial charge in [-0.15, -0.1) is 0 Å². The summed E-state index contributed by atoms with van der Waals surface area (Å²) in [6.45, 7) is 35.0. The Morgan fingerprint density at radius 2 is 0.604 bits per heavy atom. The minimum absolute atomic E-state index is 0. The van der Waals surface area contributed by atoms with Crippen LogP contribution in [0, 0.1) is 75.7 Å². The molecule has 0 amide bonds. The van der Waals surface area contributed by atoms with E-state index in [1.54, 1.807) is 0 Å². The third-order valence-electron chi connectivity index (χ3n) is 4.88. The molecule has 2 saturated carbocycles. The van der Waals surface area contributed by atoms with Crippen LogP contribution < -0.4 is 0 Å². The fourth-order valence-corrected chi connectivity index (χ4v) is 6.79. The first-order chi connectivity index (χ1) is 22.3. The summed E-state index contributed by atoms with van der Waals surface area (Å²) in [6.07, 6.45) is 23.3. The topological polar surface area (TPSA) is 95.2 Å². The van der Waals surface area contributed by atoms with Gasteiger partial charge in [0.15, 0.2) is 0 Å². The molecule has 0 saturated heterocycles. The van der Waals surface area contributed by atoms with Gasteiger partial charge in [0.25, 0.3) is 0 Å². The number of rotatable bonds is 20. The van der Waals surface area contributed by atoms with Crippen molar-refractivity contribution in [3.05, 3.63) is 75.7 Å². The molecule has 0 aromatic carbocycles. The minimum Gasteiger partial charge on any atom is 0 e. The predicted molar refractivity (Wildman–Crippen MR) is 195 cm³/mol. The van der Waals surface area contributed by atoms with Gasteiger partial charge < -0.3 is 27.1 Å². The van der Waals surface area contributed by atoms with E-state index in [2.05, 4.69) is 132 Å². The van der Waals surface area contributed by atoms with E-state index < -0.39 is 17.2 Å². The number of hydrogen-bond donors (Lipinski definition) is 0. The Hall–Kier alpha value is 1.57. The van der Waals surface area contributed by atoms with Crippen LogP contribution in [0.15, 0.2) is 0 Å². The quantitative estimate of drug-likeness (QED) is 0.0525. The fourth-order valence-electron chi connectivity index (χ4n) is 2.63. The molecule has 280 valence electrons. The molecule has 48 heavy (non-hydrogen) atoms. The van der Waals surface area contributed by atoms with Crippen LogP contribution in [0.1, 0.15) is 80.1 Å². The third kappa shape index (κ3) is 45.6. The Morgan fingerprint density at radius 3 is 0.708 bits per heavy atom. The number of hydrogen-bond acceptors (Lipinski definition) is 6. The summed E-state index contributed by atoms with van der Waals surface area (Å²) in [4.78, 5) is 0. The molecule has 0 aliphatic heterocycles. The first-order valence-electron chi connectivity index (χ1n) is 16.1. The van der Waals surface area contributed by atoms with Gasteiger partial charge in [-0.1, -0.05) is 67.7 Å². The molecule has 14 heteroatoms. The molecule has 0 bridgehead atoms. The second kappa shape index (κ2) is 52.9. The molecule has 0 heterocycles. The van der Waals surface area contributed by atoms with E-state index in [0.717, 1.165) is 78.2 Å². The Balaban J connectivity index is -0.000000119. The molecule has 0 aromatic heterocycles. The van der Waals surface area contributed by atoms with Gasteiger partial charge in [-0.25, -0.2) is 0 Å². The normalized spacial score (nSPS) is 13.7. The maximum absolute atomic E-state index is 7.50. The van der Waals surface area contributed by atoms with E-state index in [-0.39, 0.29) is 51.7 Å². The van der Waals surface area contributed by atoms with Gasteiger partial charge >= 0.3 is 39.8 Å². The Morgan fingerprint density at radius 1 is 0.438 bits per heavy atom. The monoisotopic (exact) mass is 828 g/mol. The summed E-state index contributed by atoms with van der Waals surface area (Å²) < 4.78 is 47.5. The summed E-state index contributed by atoms with van der Waals surface area (Å²) in [7, 11) is -2.50. The van der Waals surface area contributed by atoms with Crippen molar-refractivity contribution >= 4 is 34.8 Å². The molecule has 0 unspecified atom stereocenters. The van der Waals surface area contributed by atoms with Gasteiger partial charge in [-0.2, -0.15) is 0 Å². The Kier molecular flexibility index (Phi) is 67.9. The second-order valence-corrected chi connectivity index (χ2v) is 17.4. The minimum atomic E-state index is -1.08. The van der Waals surface area contributed by atoms with Gasteiger partial charge in [0, 0.05) is 51.7 Å². The summed E-state index contributed by atoms with van der Waals surface area (Å²) in [5.41, 5.74) is 3.07. The molecule has 12 radical (unpaired) electrons. The van der Waals surface area contributed by atoms with Crippen LogP contribution in [-0.2, 0) is 70.6 Å². The second-order valence-electron chi connectivity index (χ2n) is 9.79. The van der Waals surface area contributed by atoms with Crippen LogP contribution in [0.25, 0.3) is 0 Å². The van der Waals surface area contributed by atoms with Gasteiger partial charge in [-0.05, 0) is 101 Å². The van der Waals surface area contributed by atoms with Crippen LogP contribution >= 0.6 is 17.2 Å². The third-order valence-corrected chi connectivity index (χ3v) is 10.2. The van der Waals surface area contributed by atoms with Crippen LogP contribution in [0.4, 0.5) is 0 Å². The summed E-state index contributed by atoms with van der Waals surface area (Å²) in [6, 6.07) is 0. The fraction of sp³-hybridized carbons (Fsp3) is 0.647. The van der Waals surface area contributed by atoms with Crippen molar-refractivity contribution in [3.8, 4) is 0 Å². The van der Waals surface area contributed by atoms with Crippen molar-refractivity contribution < 1.29 is 70.6 Å². The van der Waals surface area contributed by atoms with Gasteiger partial charge in [0.1, 0.15) is 0 Å². The van der Waals surface area contributed by atoms with E-state index in [1.165, 1.54) is 11.1 Å². The Bertz CT molecular complexity index is 516. The summed E-state index contributed by atoms with van der Waals surface area (Å²) in [5, 5.41) is 0. The maximum Gasteiger partial charge on any atom is 0 e. The van der Waals surface area contributed by atoms with Gasteiger partial charge in [0.2, 0.25) is 0 Å². The van der Waals surface area contributed by atoms with E-state index in [4.69, 9.17) is 36.4 Å². The zero-order chi connectivity index (χ0) is 35.8. The van der Waals surface area contributed by atoms with Crippen LogP contribution in [0.2, 0.25) is 26.2 Å². The zero-order valence-electron chi connectivity index (χ0n) is 31.0. The standard InChI is InChI=1S/2C9H21O3P.2C7H10Si.2CO.2Fe/c2*1-4-7-10-13(11-8-5-2)12-9-6-3;2*1-8(2)7-5-3-4-6-7;2*1-2;;/h2*4-9H2,1-3H3;2*3-6H,1-2H3;;;;. The van der Waals surface area contributed by atoms with Crippen molar-refractivity contribution in [1.82, 2.24) is 0 Å². The average molecular weight is 829 g/mol. The van der Waals surface area contributed by atoms with Crippen molar-refractivity contribution in [1.29, 1.82) is 0 Å². The SMILES string of the molecule is CCCOP(OCCC)OCCC.CCCOP(OCCC)OCCC.C[Si](C)[C]1[CH][CH][CH][CH]1.C[Si](C)[C]1[CH][CH][CH][CH]1.[C-]#[O+].[C-]#[O+].[Fe].[Fe]. The van der Waals surface area contributed by atoms with Crippen LogP contribution in [0.5, 0.6) is 0 Å². The van der Waals surface area contributed by atoms with Gasteiger partial charge in [0.05, 0.1) is 39.6 Å². The van der Waals surface area contributed by atoms with Crippen molar-refractivity contribution in [2.75, 3.05) is 39.6 Å². The molecule has 0 spiro atoms. The molecule has 2 fully saturated rings. The average Bonchev–Trinajstić information content (AvgIpc) is 3.83. The molecule has 0 N–H and O–H groups in total. The van der Waals surface area contributed by atoms with E-state index >= 15 is 0 Å². The molecule has 2 aliphatic rings. The molecule has 0 atom stereocenters. The van der Waals surface area contributed by atoms with E-state index in [1.807, 2.05) is 0 Å². The summed E-state index contributed by atoms with van der Waals surface area (Å²) >= 11 is 0. The first-order valence-corrected chi connectivity index (χ1v) is 23.3. The van der Waals surface area contributed by atoms with E-state index in [9.17, 15) is 0 Å². The molecule has 2 aliphatic carbocycles. The summed E-state index contributed by atoms with van der Waals surface area (Å²) in [5.74, 6) is 0. The van der Waals surface area contributed by atoms with Crippen molar-refractivity contribution in [2.45, 2.75) is 106 Å². The van der Waals surface area contributed by atoms with Crippen LogP contribution in [-0.4, -0.2) is 57.2 Å². The molecule has 2 rings (SSSR count). The molecular weight excluding hydrogens is 766 g/mol. The predicted octanol–water partition coefficient (Wildman–Crippen LogP) is 10.3. The maximum atomic E-state index is 7.50. The van der Waals surface area contributed by atoms with Crippen molar-refractivity contribution in [3.63, 3.8) is 0 Å². The Labute approximate surface area is 325 Å². The first kappa shape index (κ1) is 61.6. The smallest absolute Gasteiger partial charge is 0 e. The molecular formula is C34H62Fe2O8P2Si2. The van der Waals surface area contributed by atoms with Crippen molar-refractivity contribution in [2.24, 2.45) is 0 Å². The molecule has 8 nitrogen and oxygen atoms in total.